The normalized spacial score (nSPS) is 19.5. The van der Waals surface area contributed by atoms with E-state index in [1.807, 2.05) is 6.07 Å². The van der Waals surface area contributed by atoms with Crippen molar-refractivity contribution in [2.75, 3.05) is 37.8 Å². The lowest BCUT2D eigenvalue weighted by atomic mass is 10.0. The number of nitrogens with zero attached hydrogens (tertiary/aromatic N) is 3. The van der Waals surface area contributed by atoms with E-state index in [-0.39, 0.29) is 0 Å². The molecule has 0 amide bonds. The first-order valence-electron chi connectivity index (χ1n) is 6.78. The summed E-state index contributed by atoms with van der Waals surface area (Å²) >= 11 is 0. The van der Waals surface area contributed by atoms with Crippen LogP contribution in [-0.4, -0.2) is 38.1 Å². The van der Waals surface area contributed by atoms with Crippen molar-refractivity contribution in [2.24, 2.45) is 0 Å². The van der Waals surface area contributed by atoms with Gasteiger partial charge in [0, 0.05) is 30.5 Å². The van der Waals surface area contributed by atoms with Gasteiger partial charge in [0.15, 0.2) is 0 Å². The van der Waals surface area contributed by atoms with Crippen molar-refractivity contribution in [3.63, 3.8) is 0 Å². The summed E-state index contributed by atoms with van der Waals surface area (Å²) in [5, 5.41) is 8.83. The Morgan fingerprint density at radius 2 is 2.26 bits per heavy atom. The highest BCUT2D eigenvalue weighted by atomic mass is 15.2. The lowest BCUT2D eigenvalue weighted by Crippen LogP contribution is -2.45. The first-order chi connectivity index (χ1) is 9.11. The quantitative estimate of drug-likeness (QED) is 0.841. The highest BCUT2D eigenvalue weighted by molar-refractivity contribution is 5.59. The third-order valence-electron chi connectivity index (χ3n) is 3.89. The van der Waals surface area contributed by atoms with Crippen molar-refractivity contribution in [3.05, 3.63) is 23.8 Å². The molecule has 2 N–H and O–H groups in total. The zero-order chi connectivity index (χ0) is 13.8. The monoisotopic (exact) mass is 258 g/mol. The average molecular weight is 258 g/mol. The third-order valence-corrected chi connectivity index (χ3v) is 3.89. The van der Waals surface area contributed by atoms with Gasteiger partial charge in [-0.05, 0) is 50.7 Å². The summed E-state index contributed by atoms with van der Waals surface area (Å²) in [4.78, 5) is 4.69. The molecule has 1 aromatic carbocycles. The van der Waals surface area contributed by atoms with Gasteiger partial charge in [-0.2, -0.15) is 5.26 Å². The number of hydrogen-bond donors (Lipinski definition) is 1. The second-order valence-corrected chi connectivity index (χ2v) is 5.42. The average Bonchev–Trinajstić information content (AvgIpc) is 2.41. The van der Waals surface area contributed by atoms with E-state index in [1.54, 1.807) is 0 Å². The smallest absolute Gasteiger partial charge is 0.0670 e. The van der Waals surface area contributed by atoms with E-state index in [2.05, 4.69) is 42.1 Å². The van der Waals surface area contributed by atoms with Gasteiger partial charge in [0.1, 0.15) is 0 Å². The highest BCUT2D eigenvalue weighted by Crippen LogP contribution is 2.25. The standard InChI is InChI=1S/C15H22N4/c1-18(2)14-4-3-9-19(11-14)13-5-6-15(17)12(10-13)7-8-16/h5-6,10,14H,3-4,7,9,11,17H2,1-2H3. The number of hydrogen-bond acceptors (Lipinski definition) is 4. The highest BCUT2D eigenvalue weighted by Gasteiger charge is 2.21. The molecule has 1 saturated heterocycles. The van der Waals surface area contributed by atoms with Crippen molar-refractivity contribution in [1.29, 1.82) is 5.26 Å². The summed E-state index contributed by atoms with van der Waals surface area (Å²) in [7, 11) is 4.27. The molecule has 0 saturated carbocycles. The summed E-state index contributed by atoms with van der Waals surface area (Å²) in [6.07, 6.45) is 2.84. The molecular weight excluding hydrogens is 236 g/mol. The van der Waals surface area contributed by atoms with Crippen molar-refractivity contribution in [3.8, 4) is 6.07 Å². The van der Waals surface area contributed by atoms with E-state index in [0.29, 0.717) is 18.2 Å². The predicted octanol–water partition coefficient (Wildman–Crippen LogP) is 1.87. The number of anilines is 2. The molecule has 102 valence electrons. The Morgan fingerprint density at radius 1 is 1.47 bits per heavy atom. The van der Waals surface area contributed by atoms with E-state index in [0.717, 1.165) is 18.7 Å². The Labute approximate surface area is 115 Å². The fraction of sp³-hybridized carbons (Fsp3) is 0.533. The number of rotatable bonds is 3. The fourth-order valence-electron chi connectivity index (χ4n) is 2.64. The van der Waals surface area contributed by atoms with Gasteiger partial charge in [-0.3, -0.25) is 0 Å². The molecule has 0 aliphatic carbocycles. The third kappa shape index (κ3) is 3.18. The number of nitrogen functional groups attached to an aromatic ring is 1. The molecule has 0 spiro atoms. The van der Waals surface area contributed by atoms with Crippen molar-refractivity contribution < 1.29 is 0 Å². The topological polar surface area (TPSA) is 56.3 Å². The van der Waals surface area contributed by atoms with Crippen LogP contribution >= 0.6 is 0 Å². The molecule has 0 aromatic heterocycles. The molecular formula is C15H22N4. The second-order valence-electron chi connectivity index (χ2n) is 5.42. The molecule has 1 fully saturated rings. The summed E-state index contributed by atoms with van der Waals surface area (Å²) < 4.78 is 0. The minimum Gasteiger partial charge on any atom is -0.398 e. The molecule has 1 aliphatic rings. The van der Waals surface area contributed by atoms with Gasteiger partial charge < -0.3 is 15.5 Å². The SMILES string of the molecule is CN(C)C1CCCN(c2ccc(N)c(CC#N)c2)C1. The summed E-state index contributed by atoms with van der Waals surface area (Å²) in [5.41, 5.74) is 8.74. The summed E-state index contributed by atoms with van der Waals surface area (Å²) in [5.74, 6) is 0. The molecule has 19 heavy (non-hydrogen) atoms. The molecule has 1 aromatic rings. The first kappa shape index (κ1) is 13.7. The molecule has 4 heteroatoms. The Bertz CT molecular complexity index is 476. The van der Waals surface area contributed by atoms with Gasteiger partial charge in [-0.1, -0.05) is 0 Å². The lowest BCUT2D eigenvalue weighted by Gasteiger charge is -2.37. The maximum atomic E-state index is 8.83. The maximum absolute atomic E-state index is 8.83. The maximum Gasteiger partial charge on any atom is 0.0670 e. The van der Waals surface area contributed by atoms with Gasteiger partial charge in [-0.25, -0.2) is 0 Å². The van der Waals surface area contributed by atoms with Crippen LogP contribution in [0.25, 0.3) is 0 Å². The Morgan fingerprint density at radius 3 is 2.95 bits per heavy atom. The van der Waals surface area contributed by atoms with Crippen LogP contribution in [0.3, 0.4) is 0 Å². The molecule has 1 aliphatic heterocycles. The molecule has 1 unspecified atom stereocenters. The summed E-state index contributed by atoms with van der Waals surface area (Å²) in [6.45, 7) is 2.13. The van der Waals surface area contributed by atoms with Crippen LogP contribution in [0, 0.1) is 11.3 Å². The van der Waals surface area contributed by atoms with Crippen LogP contribution in [0.2, 0.25) is 0 Å². The van der Waals surface area contributed by atoms with Crippen molar-refractivity contribution in [2.45, 2.75) is 25.3 Å². The number of benzene rings is 1. The molecule has 0 radical (unpaired) electrons. The number of nitriles is 1. The Hall–Kier alpha value is -1.73. The predicted molar refractivity (Wildman–Crippen MR) is 79.1 cm³/mol. The van der Waals surface area contributed by atoms with Crippen LogP contribution in [0.1, 0.15) is 18.4 Å². The van der Waals surface area contributed by atoms with Gasteiger partial charge in [0.05, 0.1) is 12.5 Å². The van der Waals surface area contributed by atoms with E-state index in [1.165, 1.54) is 18.5 Å². The number of likely N-dealkylation sites (N-methyl/N-ethyl adjacent to an activating group) is 1. The molecule has 4 nitrogen and oxygen atoms in total. The molecule has 0 bridgehead atoms. The number of nitrogens with two attached hydrogens (primary N) is 1. The second kappa shape index (κ2) is 5.94. The van der Waals surface area contributed by atoms with Crippen LogP contribution in [0.4, 0.5) is 11.4 Å². The van der Waals surface area contributed by atoms with Crippen molar-refractivity contribution in [1.82, 2.24) is 4.90 Å². The molecule has 1 heterocycles. The molecule has 1 atom stereocenters. The minimum absolute atomic E-state index is 0.380. The summed E-state index contributed by atoms with van der Waals surface area (Å²) in [6, 6.07) is 8.83. The first-order valence-corrected chi connectivity index (χ1v) is 6.78. The van der Waals surface area contributed by atoms with Crippen molar-refractivity contribution >= 4 is 11.4 Å². The fourth-order valence-corrected chi connectivity index (χ4v) is 2.64. The molecule has 2 rings (SSSR count). The van der Waals surface area contributed by atoms with Gasteiger partial charge in [-0.15, -0.1) is 0 Å². The van der Waals surface area contributed by atoms with Crippen LogP contribution in [-0.2, 0) is 6.42 Å². The van der Waals surface area contributed by atoms with Gasteiger partial charge >= 0.3 is 0 Å². The Balaban J connectivity index is 2.17. The lowest BCUT2D eigenvalue weighted by molar-refractivity contribution is 0.258. The van der Waals surface area contributed by atoms with E-state index in [9.17, 15) is 0 Å². The van der Waals surface area contributed by atoms with Crippen LogP contribution < -0.4 is 10.6 Å². The Kier molecular flexibility index (Phi) is 4.28. The van der Waals surface area contributed by atoms with E-state index < -0.39 is 0 Å². The van der Waals surface area contributed by atoms with E-state index in [4.69, 9.17) is 11.0 Å². The zero-order valence-electron chi connectivity index (χ0n) is 11.8. The minimum atomic E-state index is 0.380. The van der Waals surface area contributed by atoms with E-state index >= 15 is 0 Å². The van der Waals surface area contributed by atoms with Gasteiger partial charge in [0.25, 0.3) is 0 Å². The number of piperidine rings is 1. The largest absolute Gasteiger partial charge is 0.398 e. The van der Waals surface area contributed by atoms with Gasteiger partial charge in [0.2, 0.25) is 0 Å². The van der Waals surface area contributed by atoms with Crippen LogP contribution in [0.5, 0.6) is 0 Å². The zero-order valence-corrected chi connectivity index (χ0v) is 11.8. The van der Waals surface area contributed by atoms with Crippen LogP contribution in [0.15, 0.2) is 18.2 Å².